The normalized spacial score (nSPS) is 21.7. The van der Waals surface area contributed by atoms with Gasteiger partial charge in [-0.25, -0.2) is 0 Å². The molecule has 7 heteroatoms. The summed E-state index contributed by atoms with van der Waals surface area (Å²) in [6.45, 7) is 8.01. The van der Waals surface area contributed by atoms with E-state index >= 15 is 0 Å². The lowest BCUT2D eigenvalue weighted by Crippen LogP contribution is -2.51. The number of hydrogen-bond acceptors (Lipinski definition) is 3. The molecule has 0 bridgehead atoms. The Bertz CT molecular complexity index is 624. The summed E-state index contributed by atoms with van der Waals surface area (Å²) >= 11 is 5.87. The van der Waals surface area contributed by atoms with Crippen LogP contribution in [-0.2, 0) is 4.79 Å². The minimum atomic E-state index is -0.534. The topological polar surface area (TPSA) is 75.4 Å². The molecule has 1 aliphatic rings. The zero-order valence-electron chi connectivity index (χ0n) is 15.6. The van der Waals surface area contributed by atoms with E-state index in [1.54, 1.807) is 24.3 Å². The summed E-state index contributed by atoms with van der Waals surface area (Å²) in [4.78, 5) is 27.4. The minimum absolute atomic E-state index is 0. The summed E-state index contributed by atoms with van der Waals surface area (Å²) in [6.07, 6.45) is 1.70. The average Bonchev–Trinajstić information content (AvgIpc) is 3.02. The molecule has 2 amide bonds. The second-order valence-corrected chi connectivity index (χ2v) is 7.80. The number of likely N-dealkylation sites (tertiary alicyclic amines) is 1. The van der Waals surface area contributed by atoms with Crippen LogP contribution < -0.4 is 11.1 Å². The van der Waals surface area contributed by atoms with Crippen LogP contribution in [0, 0.1) is 11.3 Å². The molecule has 1 aromatic rings. The average molecular weight is 402 g/mol. The fraction of sp³-hybridized carbons (Fsp3) is 0.579. The van der Waals surface area contributed by atoms with Crippen LogP contribution in [0.3, 0.4) is 0 Å². The van der Waals surface area contributed by atoms with Crippen LogP contribution in [0.2, 0.25) is 5.02 Å². The number of carbonyl (C=O) groups excluding carboxylic acids is 2. The Hall–Kier alpha value is -1.30. The Balaban J connectivity index is 0.00000338. The van der Waals surface area contributed by atoms with Crippen LogP contribution in [0.15, 0.2) is 24.3 Å². The van der Waals surface area contributed by atoms with Crippen LogP contribution >= 0.6 is 24.0 Å². The highest BCUT2D eigenvalue weighted by Crippen LogP contribution is 2.29. The molecule has 0 saturated carbocycles. The lowest BCUT2D eigenvalue weighted by molar-refractivity contribution is -0.133. The molecule has 5 nitrogen and oxygen atoms in total. The van der Waals surface area contributed by atoms with Crippen molar-refractivity contribution in [2.24, 2.45) is 17.1 Å². The smallest absolute Gasteiger partial charge is 0.251 e. The number of halogens is 2. The first-order valence-corrected chi connectivity index (χ1v) is 9.22. The molecule has 1 aromatic carbocycles. The van der Waals surface area contributed by atoms with Crippen LogP contribution in [0.5, 0.6) is 0 Å². The third-order valence-electron chi connectivity index (χ3n) is 5.23. The molecule has 2 rings (SSSR count). The van der Waals surface area contributed by atoms with Gasteiger partial charge in [-0.05, 0) is 48.6 Å². The number of amides is 2. The van der Waals surface area contributed by atoms with Gasteiger partial charge >= 0.3 is 0 Å². The Kier molecular flexibility index (Phi) is 8.38. The van der Waals surface area contributed by atoms with Gasteiger partial charge < -0.3 is 16.0 Å². The number of nitrogens with one attached hydrogen (secondary N) is 1. The number of carbonyl (C=O) groups is 2. The van der Waals surface area contributed by atoms with Crippen LogP contribution in [0.25, 0.3) is 0 Å². The predicted molar refractivity (Wildman–Crippen MR) is 108 cm³/mol. The highest BCUT2D eigenvalue weighted by atomic mass is 35.5. The van der Waals surface area contributed by atoms with E-state index in [1.807, 2.05) is 18.7 Å². The van der Waals surface area contributed by atoms with Gasteiger partial charge in [0.25, 0.3) is 5.91 Å². The van der Waals surface area contributed by atoms with Gasteiger partial charge in [0, 0.05) is 23.7 Å². The van der Waals surface area contributed by atoms with Crippen molar-refractivity contribution in [2.75, 3.05) is 19.6 Å². The Morgan fingerprint density at radius 2 is 1.96 bits per heavy atom. The molecule has 0 radical (unpaired) electrons. The molecule has 1 saturated heterocycles. The van der Waals surface area contributed by atoms with Crippen molar-refractivity contribution in [3.05, 3.63) is 34.9 Å². The van der Waals surface area contributed by atoms with Crippen molar-refractivity contribution in [3.63, 3.8) is 0 Å². The second-order valence-electron chi connectivity index (χ2n) is 7.37. The van der Waals surface area contributed by atoms with Gasteiger partial charge in [0.1, 0.15) is 6.04 Å². The molecule has 26 heavy (non-hydrogen) atoms. The summed E-state index contributed by atoms with van der Waals surface area (Å²) in [5.41, 5.74) is 6.31. The van der Waals surface area contributed by atoms with Gasteiger partial charge in [-0.3, -0.25) is 9.59 Å². The van der Waals surface area contributed by atoms with Gasteiger partial charge in [-0.1, -0.05) is 38.8 Å². The van der Waals surface area contributed by atoms with E-state index in [0.717, 1.165) is 12.8 Å². The third-order valence-corrected chi connectivity index (χ3v) is 5.49. The zero-order chi connectivity index (χ0) is 18.6. The van der Waals surface area contributed by atoms with E-state index in [4.69, 9.17) is 17.3 Å². The van der Waals surface area contributed by atoms with Crippen molar-refractivity contribution in [1.82, 2.24) is 10.2 Å². The third kappa shape index (κ3) is 5.35. The maximum Gasteiger partial charge on any atom is 0.251 e. The van der Waals surface area contributed by atoms with Crippen molar-refractivity contribution in [1.29, 1.82) is 0 Å². The molecule has 1 heterocycles. The molecule has 3 atom stereocenters. The second kappa shape index (κ2) is 9.58. The molecule has 0 spiro atoms. The van der Waals surface area contributed by atoms with E-state index in [1.165, 1.54) is 0 Å². The van der Waals surface area contributed by atoms with Gasteiger partial charge in [0.15, 0.2) is 0 Å². The highest BCUT2D eigenvalue weighted by molar-refractivity contribution is 6.30. The fourth-order valence-electron chi connectivity index (χ4n) is 3.08. The van der Waals surface area contributed by atoms with Crippen LogP contribution in [0.4, 0.5) is 0 Å². The number of nitrogens with two attached hydrogens (primary N) is 1. The highest BCUT2D eigenvalue weighted by Gasteiger charge is 2.38. The van der Waals surface area contributed by atoms with Crippen molar-refractivity contribution in [3.8, 4) is 0 Å². The minimum Gasteiger partial charge on any atom is -0.340 e. The molecular formula is C19H29Cl2N3O2. The van der Waals surface area contributed by atoms with Gasteiger partial charge in [-0.15, -0.1) is 12.4 Å². The first kappa shape index (κ1) is 22.7. The lowest BCUT2D eigenvalue weighted by Gasteiger charge is -2.29. The van der Waals surface area contributed by atoms with Gasteiger partial charge in [0.2, 0.25) is 5.91 Å². The Morgan fingerprint density at radius 1 is 1.35 bits per heavy atom. The van der Waals surface area contributed by atoms with Gasteiger partial charge in [0.05, 0.1) is 0 Å². The molecule has 146 valence electrons. The molecule has 0 aromatic heterocycles. The van der Waals surface area contributed by atoms with E-state index in [2.05, 4.69) is 12.2 Å². The van der Waals surface area contributed by atoms with Crippen LogP contribution in [0.1, 0.15) is 44.0 Å². The van der Waals surface area contributed by atoms with Gasteiger partial charge in [-0.2, -0.15) is 0 Å². The number of nitrogens with zero attached hydrogens (tertiary/aromatic N) is 1. The maximum atomic E-state index is 13.0. The Morgan fingerprint density at radius 3 is 2.46 bits per heavy atom. The van der Waals surface area contributed by atoms with E-state index in [9.17, 15) is 9.59 Å². The number of benzene rings is 1. The van der Waals surface area contributed by atoms with E-state index in [0.29, 0.717) is 30.2 Å². The molecule has 1 aliphatic heterocycles. The van der Waals surface area contributed by atoms with Crippen molar-refractivity contribution in [2.45, 2.75) is 39.7 Å². The summed E-state index contributed by atoms with van der Waals surface area (Å²) in [5, 5.41) is 3.49. The van der Waals surface area contributed by atoms with E-state index in [-0.39, 0.29) is 35.6 Å². The molecular weight excluding hydrogens is 373 g/mol. The van der Waals surface area contributed by atoms with Crippen molar-refractivity contribution >= 4 is 35.8 Å². The number of hydrogen-bond donors (Lipinski definition) is 2. The van der Waals surface area contributed by atoms with Crippen LogP contribution in [-0.4, -0.2) is 42.4 Å². The summed E-state index contributed by atoms with van der Waals surface area (Å²) < 4.78 is 0. The monoisotopic (exact) mass is 401 g/mol. The first-order chi connectivity index (χ1) is 11.8. The standard InChI is InChI=1S/C19H28ClN3O2.ClH/c1-4-13(2)16(18(25)23-10-9-19(3,11-21)12-23)22-17(24)14-5-7-15(20)8-6-14;/h5-8,13,16H,4,9-12,21H2,1-3H3,(H,22,24);1H. The largest absolute Gasteiger partial charge is 0.340 e. The van der Waals surface area contributed by atoms with Crippen molar-refractivity contribution < 1.29 is 9.59 Å². The molecule has 1 fully saturated rings. The zero-order valence-corrected chi connectivity index (χ0v) is 17.2. The molecule has 0 aliphatic carbocycles. The number of rotatable bonds is 6. The SMILES string of the molecule is CCC(C)C(NC(=O)c1ccc(Cl)cc1)C(=O)N1CCC(C)(CN)C1.Cl. The summed E-state index contributed by atoms with van der Waals surface area (Å²) in [6, 6.07) is 6.13. The quantitative estimate of drug-likeness (QED) is 0.768. The summed E-state index contributed by atoms with van der Waals surface area (Å²) in [7, 11) is 0. The Labute approximate surface area is 167 Å². The molecule has 3 N–H and O–H groups in total. The lowest BCUT2D eigenvalue weighted by atomic mass is 9.90. The predicted octanol–water partition coefficient (Wildman–Crippen LogP) is 3.10. The summed E-state index contributed by atoms with van der Waals surface area (Å²) in [5.74, 6) is -0.224. The van der Waals surface area contributed by atoms with E-state index < -0.39 is 6.04 Å². The first-order valence-electron chi connectivity index (χ1n) is 8.85. The molecule has 3 unspecified atom stereocenters. The maximum absolute atomic E-state index is 13.0. The fourth-order valence-corrected chi connectivity index (χ4v) is 3.21.